The predicted molar refractivity (Wildman–Crippen MR) is 63.6 cm³/mol. The van der Waals surface area contributed by atoms with E-state index in [0.717, 1.165) is 22.0 Å². The molecule has 0 saturated heterocycles. The van der Waals surface area contributed by atoms with Gasteiger partial charge >= 0.3 is 0 Å². The number of aryl methyl sites for hydroxylation is 1. The maximum Gasteiger partial charge on any atom is 0.166 e. The van der Waals surface area contributed by atoms with Gasteiger partial charge in [-0.15, -0.1) is 0 Å². The molecule has 1 heterocycles. The molecule has 0 unspecified atom stereocenters. The SMILES string of the molecule is Cc1cc(-n2cccc2C=O)ccc1Br. The number of hydrogen-bond donors (Lipinski definition) is 0. The van der Waals surface area contributed by atoms with Gasteiger partial charge in [0.2, 0.25) is 0 Å². The van der Waals surface area contributed by atoms with E-state index >= 15 is 0 Å². The number of nitrogens with zero attached hydrogens (tertiary/aromatic N) is 1. The summed E-state index contributed by atoms with van der Waals surface area (Å²) >= 11 is 3.45. The monoisotopic (exact) mass is 263 g/mol. The van der Waals surface area contributed by atoms with Gasteiger partial charge in [-0.2, -0.15) is 0 Å². The van der Waals surface area contributed by atoms with Crippen LogP contribution in [-0.4, -0.2) is 10.9 Å². The van der Waals surface area contributed by atoms with Crippen molar-refractivity contribution in [1.29, 1.82) is 0 Å². The molecule has 0 atom stereocenters. The minimum absolute atomic E-state index is 0.664. The molecule has 2 nitrogen and oxygen atoms in total. The zero-order valence-corrected chi connectivity index (χ0v) is 9.86. The van der Waals surface area contributed by atoms with Crippen LogP contribution < -0.4 is 0 Å². The van der Waals surface area contributed by atoms with Gasteiger partial charge in [0.15, 0.2) is 6.29 Å². The first-order valence-electron chi connectivity index (χ1n) is 4.61. The Bertz CT molecular complexity index is 502. The van der Waals surface area contributed by atoms with E-state index in [2.05, 4.69) is 15.9 Å². The molecule has 0 radical (unpaired) electrons. The summed E-state index contributed by atoms with van der Waals surface area (Å²) in [6.07, 6.45) is 2.74. The summed E-state index contributed by atoms with van der Waals surface area (Å²) in [4.78, 5) is 10.8. The molecule has 0 saturated carbocycles. The van der Waals surface area contributed by atoms with Gasteiger partial charge < -0.3 is 4.57 Å². The molecule has 0 aliphatic heterocycles. The standard InChI is InChI=1S/C12H10BrNO/c1-9-7-10(4-5-12(9)13)14-6-2-3-11(14)8-15/h2-8H,1H3. The van der Waals surface area contributed by atoms with Crippen LogP contribution in [0.25, 0.3) is 5.69 Å². The van der Waals surface area contributed by atoms with Gasteiger partial charge in [-0.05, 0) is 42.8 Å². The van der Waals surface area contributed by atoms with Crippen LogP contribution in [-0.2, 0) is 0 Å². The molecule has 1 aromatic heterocycles. The summed E-state index contributed by atoms with van der Waals surface area (Å²) < 4.78 is 2.94. The van der Waals surface area contributed by atoms with Crippen molar-refractivity contribution in [2.45, 2.75) is 6.92 Å². The van der Waals surface area contributed by atoms with Crippen molar-refractivity contribution >= 4 is 22.2 Å². The normalized spacial score (nSPS) is 10.3. The number of aldehydes is 1. The van der Waals surface area contributed by atoms with Crippen molar-refractivity contribution in [2.75, 3.05) is 0 Å². The summed E-state index contributed by atoms with van der Waals surface area (Å²) in [7, 11) is 0. The second-order valence-corrected chi connectivity index (χ2v) is 4.21. The van der Waals surface area contributed by atoms with E-state index in [-0.39, 0.29) is 0 Å². The van der Waals surface area contributed by atoms with Crippen LogP contribution in [0.5, 0.6) is 0 Å². The summed E-state index contributed by atoms with van der Waals surface area (Å²) in [6, 6.07) is 9.66. The molecular formula is C12H10BrNO. The van der Waals surface area contributed by atoms with Crippen molar-refractivity contribution in [3.8, 4) is 5.69 Å². The number of hydrogen-bond acceptors (Lipinski definition) is 1. The smallest absolute Gasteiger partial charge is 0.166 e. The minimum Gasteiger partial charge on any atom is -0.314 e. The number of aromatic nitrogens is 1. The van der Waals surface area contributed by atoms with E-state index in [1.165, 1.54) is 0 Å². The van der Waals surface area contributed by atoms with Gasteiger partial charge in [-0.1, -0.05) is 15.9 Å². The van der Waals surface area contributed by atoms with Crippen LogP contribution >= 0.6 is 15.9 Å². The third-order valence-electron chi connectivity index (χ3n) is 2.32. The Morgan fingerprint density at radius 2 is 2.13 bits per heavy atom. The Labute approximate surface area is 96.7 Å². The number of carbonyl (C=O) groups excluding carboxylic acids is 1. The lowest BCUT2D eigenvalue weighted by molar-refractivity contribution is 0.111. The highest BCUT2D eigenvalue weighted by Crippen LogP contribution is 2.20. The minimum atomic E-state index is 0.664. The number of benzene rings is 1. The van der Waals surface area contributed by atoms with Crippen molar-refractivity contribution in [1.82, 2.24) is 4.57 Å². The Kier molecular flexibility index (Phi) is 2.73. The van der Waals surface area contributed by atoms with E-state index in [1.54, 1.807) is 6.07 Å². The van der Waals surface area contributed by atoms with Crippen LogP contribution in [0.2, 0.25) is 0 Å². The van der Waals surface area contributed by atoms with Crippen molar-refractivity contribution in [3.63, 3.8) is 0 Å². The third-order valence-corrected chi connectivity index (χ3v) is 3.21. The molecule has 0 fully saturated rings. The third kappa shape index (κ3) is 1.88. The van der Waals surface area contributed by atoms with Gasteiger partial charge in [0.05, 0.1) is 5.69 Å². The van der Waals surface area contributed by atoms with E-state index in [4.69, 9.17) is 0 Å². The molecule has 0 spiro atoms. The summed E-state index contributed by atoms with van der Waals surface area (Å²) in [6.45, 7) is 2.03. The van der Waals surface area contributed by atoms with Gasteiger partial charge in [0.1, 0.15) is 0 Å². The van der Waals surface area contributed by atoms with Crippen molar-refractivity contribution in [3.05, 3.63) is 52.3 Å². The number of rotatable bonds is 2. The zero-order valence-electron chi connectivity index (χ0n) is 8.27. The highest BCUT2D eigenvalue weighted by molar-refractivity contribution is 9.10. The molecule has 0 N–H and O–H groups in total. The molecule has 2 aromatic rings. The van der Waals surface area contributed by atoms with Gasteiger partial charge in [0, 0.05) is 16.4 Å². The van der Waals surface area contributed by atoms with Crippen molar-refractivity contribution in [2.24, 2.45) is 0 Å². The fourth-order valence-electron chi connectivity index (χ4n) is 1.50. The van der Waals surface area contributed by atoms with Gasteiger partial charge in [-0.25, -0.2) is 0 Å². The second kappa shape index (κ2) is 4.03. The maximum absolute atomic E-state index is 10.8. The van der Waals surface area contributed by atoms with Crippen molar-refractivity contribution < 1.29 is 4.79 Å². The maximum atomic E-state index is 10.8. The summed E-state index contributed by atoms with van der Waals surface area (Å²) in [5, 5.41) is 0. The van der Waals surface area contributed by atoms with Gasteiger partial charge in [0.25, 0.3) is 0 Å². The van der Waals surface area contributed by atoms with Gasteiger partial charge in [-0.3, -0.25) is 4.79 Å². The molecule has 0 amide bonds. The number of carbonyl (C=O) groups is 1. The highest BCUT2D eigenvalue weighted by atomic mass is 79.9. The lowest BCUT2D eigenvalue weighted by atomic mass is 10.2. The Hall–Kier alpha value is -1.35. The van der Waals surface area contributed by atoms with Crippen LogP contribution in [0, 0.1) is 6.92 Å². The molecule has 2 rings (SSSR count). The van der Waals surface area contributed by atoms with E-state index < -0.39 is 0 Å². The molecule has 3 heteroatoms. The van der Waals surface area contributed by atoms with E-state index in [0.29, 0.717) is 5.69 Å². The Morgan fingerprint density at radius 1 is 1.33 bits per heavy atom. The largest absolute Gasteiger partial charge is 0.314 e. The zero-order chi connectivity index (χ0) is 10.8. The molecule has 1 aromatic carbocycles. The molecule has 0 bridgehead atoms. The van der Waals surface area contributed by atoms with E-state index in [1.807, 2.05) is 42.0 Å². The molecular weight excluding hydrogens is 254 g/mol. The molecule has 76 valence electrons. The van der Waals surface area contributed by atoms with Crippen LogP contribution in [0.15, 0.2) is 41.0 Å². The van der Waals surface area contributed by atoms with Crippen LogP contribution in [0.4, 0.5) is 0 Å². The first-order chi connectivity index (χ1) is 7.22. The average Bonchev–Trinajstić information content (AvgIpc) is 2.70. The lowest BCUT2D eigenvalue weighted by Gasteiger charge is -2.07. The Balaban J connectivity index is 2.54. The first-order valence-corrected chi connectivity index (χ1v) is 5.41. The molecule has 0 aliphatic rings. The number of halogens is 1. The molecule has 0 aliphatic carbocycles. The fraction of sp³-hybridized carbons (Fsp3) is 0.0833. The fourth-order valence-corrected chi connectivity index (χ4v) is 1.75. The Morgan fingerprint density at radius 3 is 2.80 bits per heavy atom. The van der Waals surface area contributed by atoms with Crippen LogP contribution in [0.1, 0.15) is 16.1 Å². The second-order valence-electron chi connectivity index (χ2n) is 3.35. The summed E-state index contributed by atoms with van der Waals surface area (Å²) in [5.41, 5.74) is 2.82. The predicted octanol–water partition coefficient (Wildman–Crippen LogP) is 3.36. The first kappa shape index (κ1) is 10.2. The average molecular weight is 264 g/mol. The topological polar surface area (TPSA) is 22.0 Å². The van der Waals surface area contributed by atoms with Crippen LogP contribution in [0.3, 0.4) is 0 Å². The summed E-state index contributed by atoms with van der Waals surface area (Å²) in [5.74, 6) is 0. The lowest BCUT2D eigenvalue weighted by Crippen LogP contribution is -1.97. The molecule has 15 heavy (non-hydrogen) atoms. The quantitative estimate of drug-likeness (QED) is 0.762. The van der Waals surface area contributed by atoms with E-state index in [9.17, 15) is 4.79 Å². The highest BCUT2D eigenvalue weighted by Gasteiger charge is 2.03.